The van der Waals surface area contributed by atoms with Crippen LogP contribution in [0.15, 0.2) is 6.07 Å². The van der Waals surface area contributed by atoms with Gasteiger partial charge < -0.3 is 5.73 Å². The van der Waals surface area contributed by atoms with Gasteiger partial charge in [0, 0.05) is 6.07 Å². The van der Waals surface area contributed by atoms with Gasteiger partial charge in [0.05, 0.1) is 15.0 Å². The van der Waals surface area contributed by atoms with Gasteiger partial charge in [-0.2, -0.15) is 0 Å². The van der Waals surface area contributed by atoms with E-state index in [9.17, 15) is 14.5 Å². The first-order chi connectivity index (χ1) is 5.95. The predicted molar refractivity (Wildman–Crippen MR) is 47.5 cm³/mol. The molecular weight excluding hydrogens is 222 g/mol. The standard InChI is InChI=1S/C6H3Cl2FN2O2/c7-2-1-3(11(12)13)6(10)5(9)4(2)8/h1H,10H2. The van der Waals surface area contributed by atoms with E-state index in [1.165, 1.54) is 0 Å². The van der Waals surface area contributed by atoms with Gasteiger partial charge in [-0.15, -0.1) is 0 Å². The van der Waals surface area contributed by atoms with Crippen LogP contribution in [0.1, 0.15) is 0 Å². The van der Waals surface area contributed by atoms with Crippen molar-refractivity contribution in [1.82, 2.24) is 0 Å². The lowest BCUT2D eigenvalue weighted by Gasteiger charge is -2.01. The van der Waals surface area contributed by atoms with Crippen molar-refractivity contribution in [3.63, 3.8) is 0 Å². The second-order valence-corrected chi connectivity index (χ2v) is 2.96. The predicted octanol–water partition coefficient (Wildman–Crippen LogP) is 2.62. The number of benzene rings is 1. The van der Waals surface area contributed by atoms with Gasteiger partial charge in [-0.05, 0) is 0 Å². The number of hydrogen-bond acceptors (Lipinski definition) is 3. The third-order valence-corrected chi connectivity index (χ3v) is 2.14. The first-order valence-corrected chi connectivity index (χ1v) is 3.78. The van der Waals surface area contributed by atoms with Gasteiger partial charge in [-0.3, -0.25) is 10.1 Å². The lowest BCUT2D eigenvalue weighted by Crippen LogP contribution is -1.99. The molecule has 1 aromatic rings. The van der Waals surface area contributed by atoms with E-state index in [-0.39, 0.29) is 5.02 Å². The van der Waals surface area contributed by atoms with Crippen LogP contribution in [-0.2, 0) is 0 Å². The van der Waals surface area contributed by atoms with Crippen LogP contribution in [0.2, 0.25) is 10.0 Å². The average Bonchev–Trinajstić information content (AvgIpc) is 2.07. The van der Waals surface area contributed by atoms with E-state index < -0.39 is 27.1 Å². The summed E-state index contributed by atoms with van der Waals surface area (Å²) in [5.41, 5.74) is 3.89. The van der Waals surface area contributed by atoms with E-state index in [0.717, 1.165) is 6.07 Å². The molecule has 0 aliphatic carbocycles. The molecule has 0 aliphatic heterocycles. The molecule has 0 atom stereocenters. The fourth-order valence-corrected chi connectivity index (χ4v) is 1.09. The highest BCUT2D eigenvalue weighted by atomic mass is 35.5. The Balaban J connectivity index is 3.50. The summed E-state index contributed by atoms with van der Waals surface area (Å²) in [4.78, 5) is 9.46. The summed E-state index contributed by atoms with van der Waals surface area (Å²) in [6.07, 6.45) is 0. The number of nitrogens with two attached hydrogens (primary N) is 1. The van der Waals surface area contributed by atoms with Crippen molar-refractivity contribution in [3.05, 3.63) is 32.0 Å². The van der Waals surface area contributed by atoms with Gasteiger partial charge in [0.15, 0.2) is 5.82 Å². The molecule has 13 heavy (non-hydrogen) atoms. The Kier molecular flexibility index (Phi) is 2.58. The van der Waals surface area contributed by atoms with Crippen LogP contribution in [0.25, 0.3) is 0 Å². The maximum Gasteiger partial charge on any atom is 0.296 e. The maximum atomic E-state index is 13.0. The number of hydrogen-bond donors (Lipinski definition) is 1. The molecule has 1 rings (SSSR count). The number of halogens is 3. The molecule has 0 unspecified atom stereocenters. The SMILES string of the molecule is Nc1c([N+](=O)[O-])cc(Cl)c(Cl)c1F. The minimum Gasteiger partial charge on any atom is -0.391 e. The molecule has 0 spiro atoms. The molecule has 0 heterocycles. The molecule has 1 aromatic carbocycles. The van der Waals surface area contributed by atoms with Crippen LogP contribution in [0, 0.1) is 15.9 Å². The average molecular weight is 225 g/mol. The van der Waals surface area contributed by atoms with Gasteiger partial charge >= 0.3 is 0 Å². The van der Waals surface area contributed by atoms with Crippen molar-refractivity contribution < 1.29 is 9.31 Å². The largest absolute Gasteiger partial charge is 0.391 e. The highest BCUT2D eigenvalue weighted by Gasteiger charge is 2.20. The van der Waals surface area contributed by atoms with Crippen LogP contribution < -0.4 is 5.73 Å². The minimum atomic E-state index is -1.07. The molecule has 0 saturated carbocycles. The molecule has 70 valence electrons. The number of nitro groups is 1. The smallest absolute Gasteiger partial charge is 0.296 e. The third kappa shape index (κ3) is 1.66. The summed E-state index contributed by atoms with van der Waals surface area (Å²) in [6.45, 7) is 0. The third-order valence-electron chi connectivity index (χ3n) is 1.37. The molecule has 7 heteroatoms. The van der Waals surface area contributed by atoms with Crippen molar-refractivity contribution in [2.24, 2.45) is 0 Å². The van der Waals surface area contributed by atoms with Crippen LogP contribution in [-0.4, -0.2) is 4.92 Å². The van der Waals surface area contributed by atoms with Crippen LogP contribution in [0.3, 0.4) is 0 Å². The summed E-state index contributed by atoms with van der Waals surface area (Å²) in [5, 5.41) is 9.65. The van der Waals surface area contributed by atoms with E-state index in [2.05, 4.69) is 0 Å². The number of nitrogens with zero attached hydrogens (tertiary/aromatic N) is 1. The van der Waals surface area contributed by atoms with Crippen molar-refractivity contribution in [2.45, 2.75) is 0 Å². The summed E-state index contributed by atoms with van der Waals surface area (Å²) in [5.74, 6) is -1.07. The molecule has 0 amide bonds. The molecule has 4 nitrogen and oxygen atoms in total. The fourth-order valence-electron chi connectivity index (χ4n) is 0.748. The molecule has 0 aromatic heterocycles. The topological polar surface area (TPSA) is 69.2 Å². The zero-order chi connectivity index (χ0) is 10.2. The highest BCUT2D eigenvalue weighted by molar-refractivity contribution is 6.42. The van der Waals surface area contributed by atoms with Crippen LogP contribution in [0.5, 0.6) is 0 Å². The Morgan fingerprint density at radius 3 is 2.54 bits per heavy atom. The Morgan fingerprint density at radius 2 is 2.08 bits per heavy atom. The Morgan fingerprint density at radius 1 is 1.54 bits per heavy atom. The second kappa shape index (κ2) is 3.35. The maximum absolute atomic E-state index is 13.0. The Hall–Kier alpha value is -1.07. The number of anilines is 1. The van der Waals surface area contributed by atoms with Crippen molar-refractivity contribution in [1.29, 1.82) is 0 Å². The molecule has 0 bridgehead atoms. The van der Waals surface area contributed by atoms with Gasteiger partial charge in [-0.1, -0.05) is 23.2 Å². The normalized spacial score (nSPS) is 10.1. The van der Waals surface area contributed by atoms with Gasteiger partial charge in [-0.25, -0.2) is 4.39 Å². The molecule has 2 N–H and O–H groups in total. The zero-order valence-corrected chi connectivity index (χ0v) is 7.56. The van der Waals surface area contributed by atoms with Crippen molar-refractivity contribution >= 4 is 34.6 Å². The lowest BCUT2D eigenvalue weighted by atomic mass is 10.2. The summed E-state index contributed by atoms with van der Waals surface area (Å²) >= 11 is 10.8. The second-order valence-electron chi connectivity index (χ2n) is 2.18. The van der Waals surface area contributed by atoms with E-state index in [1.807, 2.05) is 0 Å². The number of nitrogen functional groups attached to an aromatic ring is 1. The first kappa shape index (κ1) is 10.0. The van der Waals surface area contributed by atoms with E-state index in [0.29, 0.717) is 0 Å². The van der Waals surface area contributed by atoms with Gasteiger partial charge in [0.2, 0.25) is 0 Å². The molecule has 0 saturated heterocycles. The number of rotatable bonds is 1. The van der Waals surface area contributed by atoms with Gasteiger partial charge in [0.1, 0.15) is 5.69 Å². The number of nitro benzene ring substituents is 1. The molecule has 0 radical (unpaired) electrons. The summed E-state index contributed by atoms with van der Waals surface area (Å²) in [6, 6.07) is 0.905. The van der Waals surface area contributed by atoms with Crippen molar-refractivity contribution in [2.75, 3.05) is 5.73 Å². The van der Waals surface area contributed by atoms with Gasteiger partial charge in [0.25, 0.3) is 5.69 Å². The molecular formula is C6H3Cl2FN2O2. The lowest BCUT2D eigenvalue weighted by molar-refractivity contribution is -0.384. The quantitative estimate of drug-likeness (QED) is 0.345. The minimum absolute atomic E-state index is 0.236. The van der Waals surface area contributed by atoms with E-state index in [4.69, 9.17) is 28.9 Å². The van der Waals surface area contributed by atoms with Crippen LogP contribution in [0.4, 0.5) is 15.8 Å². The zero-order valence-electron chi connectivity index (χ0n) is 6.05. The van der Waals surface area contributed by atoms with E-state index in [1.54, 1.807) is 0 Å². The highest BCUT2D eigenvalue weighted by Crippen LogP contribution is 2.35. The Labute approximate surface area is 82.2 Å². The summed E-state index contributed by atoms with van der Waals surface area (Å²) in [7, 11) is 0. The fraction of sp³-hybridized carbons (Fsp3) is 0. The monoisotopic (exact) mass is 224 g/mol. The molecule has 0 aliphatic rings. The Bertz CT molecular complexity index is 383. The molecule has 0 fully saturated rings. The van der Waals surface area contributed by atoms with E-state index >= 15 is 0 Å². The van der Waals surface area contributed by atoms with Crippen LogP contribution >= 0.6 is 23.2 Å². The first-order valence-electron chi connectivity index (χ1n) is 3.02. The van der Waals surface area contributed by atoms with Crippen molar-refractivity contribution in [3.8, 4) is 0 Å². The summed E-state index contributed by atoms with van der Waals surface area (Å²) < 4.78 is 13.0.